The molecule has 1 aromatic carbocycles. The summed E-state index contributed by atoms with van der Waals surface area (Å²) in [6.07, 6.45) is 0.874. The van der Waals surface area contributed by atoms with Crippen LogP contribution in [0.2, 0.25) is 0 Å². The van der Waals surface area contributed by atoms with Gasteiger partial charge in [-0.15, -0.1) is 0 Å². The normalized spacial score (nSPS) is 18.9. The zero-order valence-corrected chi connectivity index (χ0v) is 12.1. The summed E-state index contributed by atoms with van der Waals surface area (Å²) in [5.74, 6) is 1.45. The summed E-state index contributed by atoms with van der Waals surface area (Å²) >= 11 is 0. The molecule has 1 aromatic rings. The van der Waals surface area contributed by atoms with E-state index in [0.29, 0.717) is 25.5 Å². The molecule has 114 valence electrons. The van der Waals surface area contributed by atoms with E-state index in [1.165, 1.54) is 0 Å². The number of amides is 1. The monoisotopic (exact) mass is 291 g/mol. The van der Waals surface area contributed by atoms with Crippen LogP contribution < -0.4 is 20.1 Å². The molecule has 3 rings (SSSR count). The van der Waals surface area contributed by atoms with Gasteiger partial charge in [-0.3, -0.25) is 9.69 Å². The van der Waals surface area contributed by atoms with Gasteiger partial charge in [-0.25, -0.2) is 0 Å². The first-order valence-electron chi connectivity index (χ1n) is 7.44. The zero-order valence-electron chi connectivity index (χ0n) is 12.1. The molecule has 2 N–H and O–H groups in total. The van der Waals surface area contributed by atoms with E-state index in [2.05, 4.69) is 15.5 Å². The molecule has 0 atom stereocenters. The van der Waals surface area contributed by atoms with Gasteiger partial charge >= 0.3 is 0 Å². The van der Waals surface area contributed by atoms with Gasteiger partial charge in [0, 0.05) is 44.4 Å². The molecule has 1 saturated heterocycles. The third kappa shape index (κ3) is 3.86. The van der Waals surface area contributed by atoms with E-state index in [-0.39, 0.29) is 5.91 Å². The second-order valence-corrected chi connectivity index (χ2v) is 5.29. The standard InChI is InChI=1S/C15H21N3O3/c19-15(11-18-6-4-16-5-7-18)17-12-2-3-13-14(10-12)21-9-1-8-20-13/h2-3,10,16H,1,4-9,11H2,(H,17,19). The van der Waals surface area contributed by atoms with Crippen LogP contribution in [0, 0.1) is 0 Å². The SMILES string of the molecule is O=C(CN1CCNCC1)Nc1ccc2c(c1)OCCCO2. The van der Waals surface area contributed by atoms with Crippen LogP contribution in [-0.4, -0.2) is 56.7 Å². The smallest absolute Gasteiger partial charge is 0.238 e. The number of hydrogen-bond acceptors (Lipinski definition) is 5. The second-order valence-electron chi connectivity index (χ2n) is 5.29. The molecular weight excluding hydrogens is 270 g/mol. The molecule has 6 heteroatoms. The van der Waals surface area contributed by atoms with Gasteiger partial charge in [0.05, 0.1) is 19.8 Å². The molecule has 0 aromatic heterocycles. The van der Waals surface area contributed by atoms with E-state index < -0.39 is 0 Å². The average Bonchev–Trinajstić information content (AvgIpc) is 2.73. The Morgan fingerprint density at radius 2 is 1.95 bits per heavy atom. The van der Waals surface area contributed by atoms with Crippen LogP contribution in [0.4, 0.5) is 5.69 Å². The summed E-state index contributed by atoms with van der Waals surface area (Å²) in [7, 11) is 0. The van der Waals surface area contributed by atoms with Gasteiger partial charge in [-0.2, -0.15) is 0 Å². The quantitative estimate of drug-likeness (QED) is 0.858. The predicted octanol–water partition coefficient (Wildman–Crippen LogP) is 0.692. The van der Waals surface area contributed by atoms with Crippen molar-refractivity contribution >= 4 is 11.6 Å². The fraction of sp³-hybridized carbons (Fsp3) is 0.533. The Bertz CT molecular complexity index is 501. The van der Waals surface area contributed by atoms with E-state index >= 15 is 0 Å². The van der Waals surface area contributed by atoms with Crippen molar-refractivity contribution in [1.82, 2.24) is 10.2 Å². The van der Waals surface area contributed by atoms with Crippen molar-refractivity contribution in [2.45, 2.75) is 6.42 Å². The van der Waals surface area contributed by atoms with Gasteiger partial charge in [0.15, 0.2) is 11.5 Å². The first-order valence-corrected chi connectivity index (χ1v) is 7.44. The Morgan fingerprint density at radius 3 is 2.76 bits per heavy atom. The summed E-state index contributed by atoms with van der Waals surface area (Å²) < 4.78 is 11.2. The first-order chi connectivity index (χ1) is 10.3. The molecular formula is C15H21N3O3. The molecule has 2 heterocycles. The van der Waals surface area contributed by atoms with E-state index in [4.69, 9.17) is 9.47 Å². The van der Waals surface area contributed by atoms with Gasteiger partial charge < -0.3 is 20.1 Å². The number of piperazine rings is 1. The highest BCUT2D eigenvalue weighted by molar-refractivity contribution is 5.92. The topological polar surface area (TPSA) is 62.8 Å². The maximum absolute atomic E-state index is 12.1. The van der Waals surface area contributed by atoms with Crippen LogP contribution in [0.15, 0.2) is 18.2 Å². The second kappa shape index (κ2) is 6.78. The molecule has 2 aliphatic rings. The number of benzene rings is 1. The van der Waals surface area contributed by atoms with Gasteiger partial charge in [-0.05, 0) is 12.1 Å². The van der Waals surface area contributed by atoms with Crippen LogP contribution in [0.5, 0.6) is 11.5 Å². The molecule has 0 bridgehead atoms. The fourth-order valence-electron chi connectivity index (χ4n) is 2.51. The summed E-state index contributed by atoms with van der Waals surface area (Å²) in [6, 6.07) is 5.53. The lowest BCUT2D eigenvalue weighted by atomic mass is 10.2. The number of ether oxygens (including phenoxy) is 2. The molecule has 1 amide bonds. The molecule has 0 unspecified atom stereocenters. The van der Waals surface area contributed by atoms with E-state index in [1.54, 1.807) is 0 Å². The van der Waals surface area contributed by atoms with Gasteiger partial charge in [0.25, 0.3) is 0 Å². The van der Waals surface area contributed by atoms with Crippen LogP contribution >= 0.6 is 0 Å². The lowest BCUT2D eigenvalue weighted by Gasteiger charge is -2.26. The average molecular weight is 291 g/mol. The van der Waals surface area contributed by atoms with E-state index in [9.17, 15) is 4.79 Å². The fourth-order valence-corrected chi connectivity index (χ4v) is 2.51. The third-order valence-corrected chi connectivity index (χ3v) is 3.61. The van der Waals surface area contributed by atoms with Crippen LogP contribution in [0.3, 0.4) is 0 Å². The largest absolute Gasteiger partial charge is 0.490 e. The van der Waals surface area contributed by atoms with Crippen LogP contribution in [0.25, 0.3) is 0 Å². The highest BCUT2D eigenvalue weighted by Gasteiger charge is 2.15. The minimum atomic E-state index is 0.00592. The number of anilines is 1. The minimum Gasteiger partial charge on any atom is -0.490 e. The molecule has 0 aliphatic carbocycles. The Kier molecular flexibility index (Phi) is 4.57. The maximum atomic E-state index is 12.1. The van der Waals surface area contributed by atoms with Crippen molar-refractivity contribution in [3.05, 3.63) is 18.2 Å². The van der Waals surface area contributed by atoms with Crippen molar-refractivity contribution in [3.63, 3.8) is 0 Å². The van der Waals surface area contributed by atoms with E-state index in [0.717, 1.165) is 44.0 Å². The summed E-state index contributed by atoms with van der Waals surface area (Å²) in [5, 5.41) is 6.20. The number of fused-ring (bicyclic) bond motifs is 1. The van der Waals surface area contributed by atoms with Crippen molar-refractivity contribution in [2.24, 2.45) is 0 Å². The lowest BCUT2D eigenvalue weighted by Crippen LogP contribution is -2.46. The zero-order chi connectivity index (χ0) is 14.5. The summed E-state index contributed by atoms with van der Waals surface area (Å²) in [6.45, 7) is 5.45. The molecule has 21 heavy (non-hydrogen) atoms. The Hall–Kier alpha value is -1.79. The summed E-state index contributed by atoms with van der Waals surface area (Å²) in [4.78, 5) is 14.2. The van der Waals surface area contributed by atoms with Gasteiger partial charge in [0.2, 0.25) is 5.91 Å². The number of nitrogens with one attached hydrogen (secondary N) is 2. The highest BCUT2D eigenvalue weighted by atomic mass is 16.5. The summed E-state index contributed by atoms with van der Waals surface area (Å²) in [5.41, 5.74) is 0.749. The van der Waals surface area contributed by atoms with Crippen molar-refractivity contribution in [3.8, 4) is 11.5 Å². The molecule has 0 radical (unpaired) electrons. The first kappa shape index (κ1) is 14.2. The number of carbonyl (C=O) groups is 1. The van der Waals surface area contributed by atoms with Crippen LogP contribution in [-0.2, 0) is 4.79 Å². The number of carbonyl (C=O) groups excluding carboxylic acids is 1. The Labute approximate surface area is 124 Å². The van der Waals surface area contributed by atoms with Crippen molar-refractivity contribution in [2.75, 3.05) is 51.3 Å². The Morgan fingerprint density at radius 1 is 1.19 bits per heavy atom. The van der Waals surface area contributed by atoms with Gasteiger partial charge in [0.1, 0.15) is 0 Å². The Balaban J connectivity index is 1.59. The van der Waals surface area contributed by atoms with Gasteiger partial charge in [-0.1, -0.05) is 0 Å². The minimum absolute atomic E-state index is 0.00592. The molecule has 6 nitrogen and oxygen atoms in total. The molecule has 2 aliphatic heterocycles. The van der Waals surface area contributed by atoms with E-state index in [1.807, 2.05) is 18.2 Å². The maximum Gasteiger partial charge on any atom is 0.238 e. The predicted molar refractivity (Wildman–Crippen MR) is 80.0 cm³/mol. The molecule has 0 spiro atoms. The number of rotatable bonds is 3. The highest BCUT2D eigenvalue weighted by Crippen LogP contribution is 2.32. The van der Waals surface area contributed by atoms with Crippen molar-refractivity contribution in [1.29, 1.82) is 0 Å². The third-order valence-electron chi connectivity index (χ3n) is 3.61. The number of nitrogens with zero attached hydrogens (tertiary/aromatic N) is 1. The van der Waals surface area contributed by atoms with Crippen LogP contribution in [0.1, 0.15) is 6.42 Å². The van der Waals surface area contributed by atoms with Crippen molar-refractivity contribution < 1.29 is 14.3 Å². The number of hydrogen-bond donors (Lipinski definition) is 2. The molecule has 0 saturated carbocycles. The lowest BCUT2D eigenvalue weighted by molar-refractivity contribution is -0.117. The molecule has 1 fully saturated rings.